The molecule has 0 fully saturated rings. The first-order valence-corrected chi connectivity index (χ1v) is 8.97. The van der Waals surface area contributed by atoms with Gasteiger partial charge in [-0.2, -0.15) is 8.78 Å². The van der Waals surface area contributed by atoms with E-state index in [4.69, 9.17) is 0 Å². The van der Waals surface area contributed by atoms with Crippen molar-refractivity contribution in [1.82, 2.24) is 4.90 Å². The molecule has 0 heterocycles. The molecule has 146 valence electrons. The van der Waals surface area contributed by atoms with Crippen LogP contribution in [0.25, 0.3) is 0 Å². The van der Waals surface area contributed by atoms with Gasteiger partial charge in [0, 0.05) is 30.3 Å². The summed E-state index contributed by atoms with van der Waals surface area (Å²) in [4.78, 5) is 14.2. The van der Waals surface area contributed by atoms with Crippen molar-refractivity contribution in [3.63, 3.8) is 0 Å². The molecule has 0 spiro atoms. The number of rotatable bonds is 5. The molecule has 0 radical (unpaired) electrons. The summed E-state index contributed by atoms with van der Waals surface area (Å²) in [5, 5.41) is 0. The SMILES string of the molecule is CN(Cc1ccc(OC(F)F)cc1)C(=O)c1ccc(C#Cc2ccccc2)cc1. The maximum atomic E-state index is 12.6. The molecule has 0 aliphatic heterocycles. The third kappa shape index (κ3) is 5.91. The van der Waals surface area contributed by atoms with Crippen LogP contribution >= 0.6 is 0 Å². The third-order valence-corrected chi connectivity index (χ3v) is 4.17. The Morgan fingerprint density at radius 1 is 0.897 bits per heavy atom. The molecule has 0 saturated carbocycles. The lowest BCUT2D eigenvalue weighted by molar-refractivity contribution is -0.0498. The lowest BCUT2D eigenvalue weighted by atomic mass is 10.1. The number of benzene rings is 3. The summed E-state index contributed by atoms with van der Waals surface area (Å²) in [7, 11) is 1.69. The molecule has 0 saturated heterocycles. The fraction of sp³-hybridized carbons (Fsp3) is 0.125. The maximum absolute atomic E-state index is 12.6. The Hall–Kier alpha value is -3.65. The molecule has 0 aliphatic rings. The minimum Gasteiger partial charge on any atom is -0.435 e. The van der Waals surface area contributed by atoms with Crippen molar-refractivity contribution in [3.05, 3.63) is 101 Å². The predicted molar refractivity (Wildman–Crippen MR) is 108 cm³/mol. The molecular weight excluding hydrogens is 372 g/mol. The summed E-state index contributed by atoms with van der Waals surface area (Å²) >= 11 is 0. The van der Waals surface area contributed by atoms with E-state index in [2.05, 4.69) is 16.6 Å². The van der Waals surface area contributed by atoms with Gasteiger partial charge in [0.15, 0.2) is 0 Å². The lowest BCUT2D eigenvalue weighted by Crippen LogP contribution is -2.26. The van der Waals surface area contributed by atoms with Crippen molar-refractivity contribution in [2.24, 2.45) is 0 Å². The summed E-state index contributed by atoms with van der Waals surface area (Å²) in [6, 6.07) is 23.0. The number of carbonyl (C=O) groups is 1. The van der Waals surface area contributed by atoms with Crippen molar-refractivity contribution in [1.29, 1.82) is 0 Å². The van der Waals surface area contributed by atoms with E-state index in [1.54, 1.807) is 36.2 Å². The normalized spacial score (nSPS) is 10.2. The molecule has 3 aromatic rings. The summed E-state index contributed by atoms with van der Waals surface area (Å²) in [5.74, 6) is 6.10. The highest BCUT2D eigenvalue weighted by atomic mass is 19.3. The number of ether oxygens (including phenoxy) is 1. The van der Waals surface area contributed by atoms with Crippen LogP contribution in [0.2, 0.25) is 0 Å². The van der Waals surface area contributed by atoms with E-state index < -0.39 is 6.61 Å². The summed E-state index contributed by atoms with van der Waals surface area (Å²) in [6.45, 7) is -2.51. The third-order valence-electron chi connectivity index (χ3n) is 4.17. The molecule has 5 heteroatoms. The Bertz CT molecular complexity index is 1000. The molecule has 3 rings (SSSR count). The van der Waals surface area contributed by atoms with E-state index >= 15 is 0 Å². The van der Waals surface area contributed by atoms with Gasteiger partial charge in [0.2, 0.25) is 0 Å². The van der Waals surface area contributed by atoms with Crippen LogP contribution < -0.4 is 4.74 Å². The summed E-state index contributed by atoms with van der Waals surface area (Å²) < 4.78 is 28.7. The number of carbonyl (C=O) groups excluding carboxylic acids is 1. The highest BCUT2D eigenvalue weighted by Crippen LogP contribution is 2.16. The van der Waals surface area contributed by atoms with Crippen LogP contribution in [0.1, 0.15) is 27.0 Å². The average molecular weight is 391 g/mol. The fourth-order valence-corrected chi connectivity index (χ4v) is 2.70. The Morgan fingerprint density at radius 2 is 1.48 bits per heavy atom. The Kier molecular flexibility index (Phi) is 6.59. The van der Waals surface area contributed by atoms with Gasteiger partial charge < -0.3 is 9.64 Å². The van der Waals surface area contributed by atoms with E-state index in [0.717, 1.165) is 16.7 Å². The summed E-state index contributed by atoms with van der Waals surface area (Å²) in [6.07, 6.45) is 0. The molecule has 3 aromatic carbocycles. The number of halogens is 2. The van der Waals surface area contributed by atoms with E-state index in [9.17, 15) is 13.6 Å². The van der Waals surface area contributed by atoms with Gasteiger partial charge >= 0.3 is 6.61 Å². The Balaban J connectivity index is 1.61. The number of alkyl halides is 2. The zero-order valence-electron chi connectivity index (χ0n) is 15.8. The minimum absolute atomic E-state index is 0.0879. The second-order valence-corrected chi connectivity index (χ2v) is 6.38. The van der Waals surface area contributed by atoms with Gasteiger partial charge in [0.25, 0.3) is 5.91 Å². The molecule has 3 nitrogen and oxygen atoms in total. The summed E-state index contributed by atoms with van der Waals surface area (Å²) in [5.41, 5.74) is 3.11. The number of hydrogen-bond acceptors (Lipinski definition) is 2. The fourth-order valence-electron chi connectivity index (χ4n) is 2.70. The second kappa shape index (κ2) is 9.52. The van der Waals surface area contributed by atoms with Crippen molar-refractivity contribution >= 4 is 5.91 Å². The molecular formula is C24H19F2NO2. The molecule has 0 unspecified atom stereocenters. The Morgan fingerprint density at radius 3 is 2.07 bits per heavy atom. The topological polar surface area (TPSA) is 29.5 Å². The van der Waals surface area contributed by atoms with Gasteiger partial charge in [0.1, 0.15) is 5.75 Å². The molecule has 0 N–H and O–H groups in total. The smallest absolute Gasteiger partial charge is 0.387 e. The standard InChI is InChI=1S/C24H19F2NO2/c1-27(17-20-11-15-22(16-12-20)29-24(25)26)23(28)21-13-9-19(10-14-21)8-7-18-5-3-2-4-6-18/h2-6,9-16,24H,17H2,1H3. The number of nitrogens with zero attached hydrogens (tertiary/aromatic N) is 1. The molecule has 29 heavy (non-hydrogen) atoms. The van der Waals surface area contributed by atoms with Crippen LogP contribution in [0.15, 0.2) is 78.9 Å². The molecule has 1 amide bonds. The second-order valence-electron chi connectivity index (χ2n) is 6.38. The first-order valence-electron chi connectivity index (χ1n) is 8.97. The van der Waals surface area contributed by atoms with Crippen molar-refractivity contribution in [2.75, 3.05) is 7.05 Å². The van der Waals surface area contributed by atoms with Gasteiger partial charge in [0.05, 0.1) is 0 Å². The van der Waals surface area contributed by atoms with Gasteiger partial charge in [-0.15, -0.1) is 0 Å². The van der Waals surface area contributed by atoms with Crippen molar-refractivity contribution in [3.8, 4) is 17.6 Å². The van der Waals surface area contributed by atoms with E-state index in [1.165, 1.54) is 12.1 Å². The van der Waals surface area contributed by atoms with Crippen LogP contribution in [-0.4, -0.2) is 24.5 Å². The molecule has 0 atom stereocenters. The van der Waals surface area contributed by atoms with E-state index in [0.29, 0.717) is 12.1 Å². The highest BCUT2D eigenvalue weighted by Gasteiger charge is 2.12. The van der Waals surface area contributed by atoms with Crippen LogP contribution in [0.5, 0.6) is 5.75 Å². The number of amides is 1. The van der Waals surface area contributed by atoms with Gasteiger partial charge in [-0.25, -0.2) is 0 Å². The first-order chi connectivity index (χ1) is 14.0. The number of hydrogen-bond donors (Lipinski definition) is 0. The zero-order valence-corrected chi connectivity index (χ0v) is 15.8. The van der Waals surface area contributed by atoms with E-state index in [-0.39, 0.29) is 11.7 Å². The van der Waals surface area contributed by atoms with Crippen LogP contribution in [-0.2, 0) is 6.54 Å². The van der Waals surface area contributed by atoms with Crippen LogP contribution in [0.4, 0.5) is 8.78 Å². The minimum atomic E-state index is -2.86. The zero-order chi connectivity index (χ0) is 20.6. The molecule has 0 bridgehead atoms. The monoisotopic (exact) mass is 391 g/mol. The van der Waals surface area contributed by atoms with Crippen molar-refractivity contribution < 1.29 is 18.3 Å². The van der Waals surface area contributed by atoms with Crippen LogP contribution in [0, 0.1) is 11.8 Å². The van der Waals surface area contributed by atoms with Crippen LogP contribution in [0.3, 0.4) is 0 Å². The van der Waals surface area contributed by atoms with Crippen molar-refractivity contribution in [2.45, 2.75) is 13.2 Å². The van der Waals surface area contributed by atoms with Gasteiger partial charge in [-0.3, -0.25) is 4.79 Å². The predicted octanol–water partition coefficient (Wildman–Crippen LogP) is 4.96. The largest absolute Gasteiger partial charge is 0.435 e. The van der Waals surface area contributed by atoms with Gasteiger partial charge in [-0.05, 0) is 54.1 Å². The average Bonchev–Trinajstić information content (AvgIpc) is 2.74. The van der Waals surface area contributed by atoms with E-state index in [1.807, 2.05) is 42.5 Å². The Labute approximate surface area is 168 Å². The lowest BCUT2D eigenvalue weighted by Gasteiger charge is -2.17. The molecule has 0 aliphatic carbocycles. The molecule has 0 aromatic heterocycles. The first kappa shape index (κ1) is 20.1. The highest BCUT2D eigenvalue weighted by molar-refractivity contribution is 5.94. The quantitative estimate of drug-likeness (QED) is 0.576. The maximum Gasteiger partial charge on any atom is 0.387 e. The van der Waals surface area contributed by atoms with Gasteiger partial charge in [-0.1, -0.05) is 42.2 Å².